The summed E-state index contributed by atoms with van der Waals surface area (Å²) >= 11 is 0. The first-order valence-electron chi connectivity index (χ1n) is 5.91. The Morgan fingerprint density at radius 2 is 2.39 bits per heavy atom. The van der Waals surface area contributed by atoms with Crippen molar-refractivity contribution < 1.29 is 9.63 Å². The number of aliphatic hydroxyl groups excluding tert-OH is 1. The first kappa shape index (κ1) is 11.3. The van der Waals surface area contributed by atoms with Gasteiger partial charge in [-0.1, -0.05) is 11.2 Å². The van der Waals surface area contributed by atoms with E-state index in [1.807, 2.05) is 19.1 Å². The Balaban J connectivity index is 1.88. The predicted molar refractivity (Wildman–Crippen MR) is 63.6 cm³/mol. The maximum absolute atomic E-state index is 9.46. The van der Waals surface area contributed by atoms with Crippen LogP contribution < -0.4 is 5.32 Å². The Kier molecular flexibility index (Phi) is 2.81. The smallest absolute Gasteiger partial charge is 0.244 e. The van der Waals surface area contributed by atoms with Crippen molar-refractivity contribution in [1.82, 2.24) is 20.4 Å². The number of nitrogens with zero attached hydrogens (tertiary/aromatic N) is 3. The molecule has 2 N–H and O–H groups in total. The van der Waals surface area contributed by atoms with Gasteiger partial charge in [0.1, 0.15) is 5.69 Å². The monoisotopic (exact) mass is 246 g/mol. The molecule has 2 aromatic rings. The maximum Gasteiger partial charge on any atom is 0.244 e. The van der Waals surface area contributed by atoms with Gasteiger partial charge in [-0.3, -0.25) is 4.98 Å². The molecule has 1 saturated heterocycles. The van der Waals surface area contributed by atoms with Gasteiger partial charge in [-0.25, -0.2) is 0 Å². The molecule has 6 nitrogen and oxygen atoms in total. The van der Waals surface area contributed by atoms with Crippen molar-refractivity contribution in [2.75, 3.05) is 6.54 Å². The molecule has 0 unspecified atom stereocenters. The molecular weight excluding hydrogens is 232 g/mol. The van der Waals surface area contributed by atoms with Crippen LogP contribution in [0.15, 0.2) is 22.9 Å². The maximum atomic E-state index is 9.46. The second-order valence-electron chi connectivity index (χ2n) is 4.48. The van der Waals surface area contributed by atoms with Crippen molar-refractivity contribution in [3.8, 4) is 11.5 Å². The van der Waals surface area contributed by atoms with Gasteiger partial charge in [0, 0.05) is 12.7 Å². The van der Waals surface area contributed by atoms with Crippen LogP contribution >= 0.6 is 0 Å². The molecule has 1 aliphatic heterocycles. The fraction of sp³-hybridized carbons (Fsp3) is 0.417. The molecule has 3 rings (SSSR count). The van der Waals surface area contributed by atoms with E-state index < -0.39 is 0 Å². The van der Waals surface area contributed by atoms with Crippen LogP contribution in [-0.2, 0) is 0 Å². The summed E-state index contributed by atoms with van der Waals surface area (Å²) in [6, 6.07) is 3.76. The van der Waals surface area contributed by atoms with E-state index in [1.165, 1.54) is 0 Å². The molecule has 0 spiro atoms. The fourth-order valence-electron chi connectivity index (χ4n) is 2.10. The zero-order valence-electron chi connectivity index (χ0n) is 10.00. The fourth-order valence-corrected chi connectivity index (χ4v) is 2.10. The lowest BCUT2D eigenvalue weighted by Crippen LogP contribution is -2.15. The molecule has 1 fully saturated rings. The van der Waals surface area contributed by atoms with Crippen LogP contribution in [0.2, 0.25) is 0 Å². The molecule has 94 valence electrons. The van der Waals surface area contributed by atoms with Gasteiger partial charge in [0.25, 0.3) is 0 Å². The van der Waals surface area contributed by atoms with Gasteiger partial charge in [0.15, 0.2) is 0 Å². The van der Waals surface area contributed by atoms with E-state index in [1.54, 1.807) is 6.20 Å². The number of hydrogen-bond donors (Lipinski definition) is 2. The molecule has 0 aliphatic carbocycles. The van der Waals surface area contributed by atoms with Gasteiger partial charge in [0.05, 0.1) is 12.1 Å². The summed E-state index contributed by atoms with van der Waals surface area (Å²) < 4.78 is 5.23. The zero-order valence-corrected chi connectivity index (χ0v) is 10.00. The van der Waals surface area contributed by atoms with Gasteiger partial charge in [-0.15, -0.1) is 0 Å². The highest BCUT2D eigenvalue weighted by Gasteiger charge is 2.28. The normalized spacial score (nSPS) is 23.4. The second kappa shape index (κ2) is 4.47. The first-order valence-corrected chi connectivity index (χ1v) is 5.91. The van der Waals surface area contributed by atoms with Crippen LogP contribution in [0.3, 0.4) is 0 Å². The first-order chi connectivity index (χ1) is 8.74. The van der Waals surface area contributed by atoms with Crippen LogP contribution in [0.1, 0.15) is 23.9 Å². The number of β-amino-alcohol motifs (C(OH)–C–C–N with tert-alkyl or cyclic N) is 1. The van der Waals surface area contributed by atoms with Crippen molar-refractivity contribution >= 4 is 0 Å². The quantitative estimate of drug-likeness (QED) is 0.816. The Morgan fingerprint density at radius 1 is 1.50 bits per heavy atom. The minimum Gasteiger partial charge on any atom is -0.392 e. The third kappa shape index (κ3) is 2.00. The van der Waals surface area contributed by atoms with Gasteiger partial charge in [-0.05, 0) is 25.0 Å². The van der Waals surface area contributed by atoms with E-state index in [4.69, 9.17) is 4.52 Å². The molecule has 1 aliphatic rings. The summed E-state index contributed by atoms with van der Waals surface area (Å²) in [5, 5.41) is 16.5. The number of aromatic nitrogens is 3. The lowest BCUT2D eigenvalue weighted by Gasteiger charge is -2.01. The number of rotatable bonds is 2. The summed E-state index contributed by atoms with van der Waals surface area (Å²) in [6.07, 6.45) is 1.96. The number of nitrogens with one attached hydrogen (secondary N) is 1. The lowest BCUT2D eigenvalue weighted by molar-refractivity contribution is 0.191. The van der Waals surface area contributed by atoms with Crippen molar-refractivity contribution in [3.05, 3.63) is 29.8 Å². The van der Waals surface area contributed by atoms with Gasteiger partial charge in [-0.2, -0.15) is 4.98 Å². The summed E-state index contributed by atoms with van der Waals surface area (Å²) in [4.78, 5) is 8.59. The Morgan fingerprint density at radius 3 is 3.11 bits per heavy atom. The van der Waals surface area contributed by atoms with Crippen molar-refractivity contribution in [3.63, 3.8) is 0 Å². The number of aliphatic hydroxyl groups is 1. The van der Waals surface area contributed by atoms with E-state index >= 15 is 0 Å². The van der Waals surface area contributed by atoms with Gasteiger partial charge < -0.3 is 14.9 Å². The van der Waals surface area contributed by atoms with Crippen molar-refractivity contribution in [1.29, 1.82) is 0 Å². The minimum absolute atomic E-state index is 0.0646. The molecule has 2 atom stereocenters. The Labute approximate surface area is 104 Å². The molecule has 0 amide bonds. The number of pyridine rings is 1. The molecule has 0 saturated carbocycles. The summed E-state index contributed by atoms with van der Waals surface area (Å²) in [6.45, 7) is 2.51. The highest BCUT2D eigenvalue weighted by Crippen LogP contribution is 2.24. The Hall–Kier alpha value is -1.79. The second-order valence-corrected chi connectivity index (χ2v) is 4.48. The van der Waals surface area contributed by atoms with Crippen LogP contribution in [0.5, 0.6) is 0 Å². The molecule has 6 heteroatoms. The van der Waals surface area contributed by atoms with Crippen LogP contribution in [-0.4, -0.2) is 32.9 Å². The van der Waals surface area contributed by atoms with Crippen LogP contribution in [0, 0.1) is 6.92 Å². The highest BCUT2D eigenvalue weighted by molar-refractivity contribution is 5.53. The largest absolute Gasteiger partial charge is 0.392 e. The number of hydrogen-bond acceptors (Lipinski definition) is 6. The molecule has 0 radical (unpaired) electrons. The third-order valence-electron chi connectivity index (χ3n) is 3.07. The number of aryl methyl sites for hydroxylation is 1. The SMILES string of the molecule is Cc1cccnc1-c1noc([C@H]2C[C@H](O)CN2)n1. The van der Waals surface area contributed by atoms with Gasteiger partial charge >= 0.3 is 0 Å². The van der Waals surface area contributed by atoms with Gasteiger partial charge in [0.2, 0.25) is 11.7 Å². The van der Waals surface area contributed by atoms with E-state index in [-0.39, 0.29) is 12.1 Å². The van der Waals surface area contributed by atoms with Crippen molar-refractivity contribution in [2.24, 2.45) is 0 Å². The molecule has 2 aromatic heterocycles. The van der Waals surface area contributed by atoms with E-state index in [0.29, 0.717) is 24.7 Å². The molecule has 0 bridgehead atoms. The molecule has 18 heavy (non-hydrogen) atoms. The third-order valence-corrected chi connectivity index (χ3v) is 3.07. The van der Waals surface area contributed by atoms with Crippen molar-refractivity contribution in [2.45, 2.75) is 25.5 Å². The lowest BCUT2D eigenvalue weighted by atomic mass is 10.2. The zero-order chi connectivity index (χ0) is 12.5. The van der Waals surface area contributed by atoms with Crippen LogP contribution in [0.25, 0.3) is 11.5 Å². The van der Waals surface area contributed by atoms with Crippen LogP contribution in [0.4, 0.5) is 0 Å². The average Bonchev–Trinajstić information content (AvgIpc) is 2.98. The standard InChI is InChI=1S/C12H14N4O2/c1-7-3-2-4-13-10(7)11-15-12(18-16-11)9-5-8(17)6-14-9/h2-4,8-9,14,17H,5-6H2,1H3/t8-,9+/m0/s1. The predicted octanol–water partition coefficient (Wildman–Crippen LogP) is 0.835. The van der Waals surface area contributed by atoms with E-state index in [2.05, 4.69) is 20.4 Å². The summed E-state index contributed by atoms with van der Waals surface area (Å²) in [5.74, 6) is 0.998. The Bertz CT molecular complexity index is 555. The van der Waals surface area contributed by atoms with E-state index in [9.17, 15) is 5.11 Å². The average molecular weight is 246 g/mol. The summed E-state index contributed by atoms with van der Waals surface area (Å²) in [7, 11) is 0. The molecule has 0 aromatic carbocycles. The molecule has 3 heterocycles. The highest BCUT2D eigenvalue weighted by atomic mass is 16.5. The topological polar surface area (TPSA) is 84.1 Å². The molecular formula is C12H14N4O2. The minimum atomic E-state index is -0.345. The summed E-state index contributed by atoms with van der Waals surface area (Å²) in [5.41, 5.74) is 1.73. The van der Waals surface area contributed by atoms with E-state index in [0.717, 1.165) is 11.3 Å².